The van der Waals surface area contributed by atoms with E-state index in [1.165, 1.54) is 37.7 Å². The first kappa shape index (κ1) is 22.1. The zero-order valence-electron chi connectivity index (χ0n) is 17.7. The number of hydrogen-bond donors (Lipinski definition) is 3. The molecule has 1 fully saturated rings. The molecule has 8 heteroatoms. The van der Waals surface area contributed by atoms with Gasteiger partial charge in [-0.3, -0.25) is 5.10 Å². The molecule has 0 radical (unpaired) electrons. The summed E-state index contributed by atoms with van der Waals surface area (Å²) in [4.78, 5) is 0. The number of nitrogens with zero attached hydrogens (tertiary/aromatic N) is 2. The molecule has 6 nitrogen and oxygen atoms in total. The monoisotopic (exact) mass is 568 g/mol. The fourth-order valence-corrected chi connectivity index (χ4v) is 6.13. The minimum absolute atomic E-state index is 0.0287. The van der Waals surface area contributed by atoms with Gasteiger partial charge in [-0.1, -0.05) is 43.5 Å². The van der Waals surface area contributed by atoms with Gasteiger partial charge in [0.2, 0.25) is 11.8 Å². The number of H-pyrrole nitrogens is 1. The third kappa shape index (κ3) is 3.94. The summed E-state index contributed by atoms with van der Waals surface area (Å²) in [6.45, 7) is 0. The Balaban J connectivity index is 1.60. The Morgan fingerprint density at radius 2 is 1.73 bits per heavy atom. The molecule has 0 saturated heterocycles. The Morgan fingerprint density at radius 1 is 1.06 bits per heavy atom. The van der Waals surface area contributed by atoms with Crippen molar-refractivity contribution >= 4 is 31.9 Å². The fraction of sp³-hybridized carbons (Fsp3) is 0.280. The van der Waals surface area contributed by atoms with Crippen molar-refractivity contribution < 1.29 is 9.84 Å². The number of benzene rings is 2. The Labute approximate surface area is 208 Å². The summed E-state index contributed by atoms with van der Waals surface area (Å²) in [7, 11) is 0. The number of hydrogen-bond acceptors (Lipinski definition) is 5. The molecule has 1 aliphatic heterocycles. The summed E-state index contributed by atoms with van der Waals surface area (Å²) in [6, 6.07) is 14.4. The Hall–Kier alpha value is -2.76. The van der Waals surface area contributed by atoms with E-state index in [2.05, 4.69) is 72.4 Å². The molecule has 3 aromatic rings. The van der Waals surface area contributed by atoms with E-state index in [4.69, 9.17) is 10.5 Å². The summed E-state index contributed by atoms with van der Waals surface area (Å²) in [5, 5.41) is 27.6. The van der Waals surface area contributed by atoms with Crippen LogP contribution in [0, 0.1) is 11.3 Å². The Morgan fingerprint density at radius 3 is 2.36 bits per heavy atom. The van der Waals surface area contributed by atoms with E-state index < -0.39 is 5.92 Å². The number of aromatic hydroxyl groups is 1. The highest BCUT2D eigenvalue weighted by atomic mass is 79.9. The van der Waals surface area contributed by atoms with Gasteiger partial charge in [0, 0.05) is 5.56 Å². The normalized spacial score (nSPS) is 18.5. The average Bonchev–Trinajstić information content (AvgIpc) is 3.25. The van der Waals surface area contributed by atoms with Gasteiger partial charge in [0.05, 0.1) is 26.1 Å². The average molecular weight is 570 g/mol. The maximum atomic E-state index is 10.2. The van der Waals surface area contributed by atoms with E-state index in [0.717, 1.165) is 22.4 Å². The van der Waals surface area contributed by atoms with Gasteiger partial charge in [0.1, 0.15) is 17.4 Å². The predicted molar refractivity (Wildman–Crippen MR) is 133 cm³/mol. The fourth-order valence-electron chi connectivity index (χ4n) is 4.91. The molecule has 1 aromatic heterocycles. The molecule has 2 heterocycles. The second-order valence-electron chi connectivity index (χ2n) is 8.53. The second kappa shape index (κ2) is 8.88. The predicted octanol–water partition coefficient (Wildman–Crippen LogP) is 6.57. The van der Waals surface area contributed by atoms with Crippen LogP contribution in [0.2, 0.25) is 0 Å². The minimum atomic E-state index is -0.501. The molecule has 1 atom stereocenters. The van der Waals surface area contributed by atoms with Crippen molar-refractivity contribution in [1.29, 1.82) is 5.26 Å². The lowest BCUT2D eigenvalue weighted by Gasteiger charge is -2.25. The molecule has 33 heavy (non-hydrogen) atoms. The number of aromatic nitrogens is 2. The highest BCUT2D eigenvalue weighted by Gasteiger charge is 2.36. The number of rotatable bonds is 3. The van der Waals surface area contributed by atoms with Crippen LogP contribution in [-0.4, -0.2) is 15.3 Å². The lowest BCUT2D eigenvalue weighted by atomic mass is 9.82. The molecular formula is C25H22Br2N4O2. The van der Waals surface area contributed by atoms with E-state index in [1.807, 2.05) is 0 Å². The van der Waals surface area contributed by atoms with Crippen LogP contribution in [-0.2, 0) is 0 Å². The van der Waals surface area contributed by atoms with Crippen molar-refractivity contribution in [3.8, 4) is 29.0 Å². The highest BCUT2D eigenvalue weighted by Crippen LogP contribution is 2.48. The van der Waals surface area contributed by atoms with E-state index in [-0.39, 0.29) is 11.6 Å². The lowest BCUT2D eigenvalue weighted by Crippen LogP contribution is -2.21. The topological polar surface area (TPSA) is 108 Å². The van der Waals surface area contributed by atoms with Crippen molar-refractivity contribution in [3.05, 3.63) is 73.5 Å². The van der Waals surface area contributed by atoms with Gasteiger partial charge in [-0.15, -0.1) is 5.10 Å². The Bertz CT molecular complexity index is 1260. The van der Waals surface area contributed by atoms with Gasteiger partial charge in [-0.2, -0.15) is 5.26 Å². The van der Waals surface area contributed by atoms with Crippen LogP contribution in [0.25, 0.3) is 11.3 Å². The van der Waals surface area contributed by atoms with Crippen molar-refractivity contribution in [2.24, 2.45) is 5.73 Å². The molecule has 0 bridgehead atoms. The number of nitriles is 1. The van der Waals surface area contributed by atoms with E-state index in [1.54, 1.807) is 12.1 Å². The molecule has 2 aliphatic rings. The van der Waals surface area contributed by atoms with Crippen LogP contribution < -0.4 is 10.5 Å². The molecule has 0 spiro atoms. The molecule has 168 valence electrons. The van der Waals surface area contributed by atoms with Crippen LogP contribution in [0.1, 0.15) is 60.6 Å². The first-order chi connectivity index (χ1) is 16.0. The first-order valence-electron chi connectivity index (χ1n) is 10.9. The maximum Gasteiger partial charge on any atom is 0.244 e. The molecule has 0 amide bonds. The van der Waals surface area contributed by atoms with Gasteiger partial charge in [0.15, 0.2) is 0 Å². The van der Waals surface area contributed by atoms with E-state index in [9.17, 15) is 10.4 Å². The van der Waals surface area contributed by atoms with Gasteiger partial charge >= 0.3 is 0 Å². The lowest BCUT2D eigenvalue weighted by molar-refractivity contribution is 0.379. The highest BCUT2D eigenvalue weighted by molar-refractivity contribution is 9.11. The molecule has 2 aromatic carbocycles. The number of aromatic amines is 1. The zero-order chi connectivity index (χ0) is 23.1. The second-order valence-corrected chi connectivity index (χ2v) is 10.2. The summed E-state index contributed by atoms with van der Waals surface area (Å²) >= 11 is 6.79. The molecular weight excluding hydrogens is 548 g/mol. The smallest absolute Gasteiger partial charge is 0.244 e. The van der Waals surface area contributed by atoms with Crippen LogP contribution >= 0.6 is 31.9 Å². The van der Waals surface area contributed by atoms with Crippen LogP contribution in [0.3, 0.4) is 0 Å². The van der Waals surface area contributed by atoms with Gasteiger partial charge in [0.25, 0.3) is 0 Å². The van der Waals surface area contributed by atoms with E-state index >= 15 is 0 Å². The third-order valence-corrected chi connectivity index (χ3v) is 7.80. The third-order valence-electron chi connectivity index (χ3n) is 6.59. The summed E-state index contributed by atoms with van der Waals surface area (Å²) < 4.78 is 6.74. The minimum Gasteiger partial charge on any atom is -0.506 e. The number of nitrogens with one attached hydrogen (secondary N) is 1. The number of fused-ring (bicyclic) bond motifs is 1. The quantitative estimate of drug-likeness (QED) is 0.330. The van der Waals surface area contributed by atoms with Gasteiger partial charge in [-0.05, 0) is 73.9 Å². The standard InChI is InChI=1S/C25H22Br2N4O2/c26-18-10-16(11-19(27)23(18)32)20-17(12-28)24(29)33-25-21(20)22(30-31-25)15-8-6-14(7-9-15)13-4-2-1-3-5-13/h6-11,13,20,32H,1-5,29H2,(H,30,31)/t20-/m1/s1. The van der Waals surface area contributed by atoms with Crippen LogP contribution in [0.4, 0.5) is 0 Å². The number of nitrogens with two attached hydrogens (primary N) is 1. The zero-order valence-corrected chi connectivity index (χ0v) is 20.9. The van der Waals surface area contributed by atoms with Crippen molar-refractivity contribution in [3.63, 3.8) is 0 Å². The van der Waals surface area contributed by atoms with Gasteiger partial charge < -0.3 is 15.6 Å². The summed E-state index contributed by atoms with van der Waals surface area (Å²) in [5.41, 5.74) is 11.0. The first-order valence-corrected chi connectivity index (χ1v) is 12.5. The summed E-state index contributed by atoms with van der Waals surface area (Å²) in [6.07, 6.45) is 6.41. The number of phenols is 1. The van der Waals surface area contributed by atoms with Crippen LogP contribution in [0.15, 0.2) is 56.8 Å². The number of halogens is 2. The van der Waals surface area contributed by atoms with Crippen molar-refractivity contribution in [2.45, 2.75) is 43.9 Å². The summed E-state index contributed by atoms with van der Waals surface area (Å²) in [5.74, 6) is 0.592. The van der Waals surface area contributed by atoms with Crippen molar-refractivity contribution in [2.75, 3.05) is 0 Å². The largest absolute Gasteiger partial charge is 0.506 e. The molecule has 1 saturated carbocycles. The van der Waals surface area contributed by atoms with Gasteiger partial charge in [-0.25, -0.2) is 0 Å². The number of phenolic OH excluding ortho intramolecular Hbond substituents is 1. The Kier molecular flexibility index (Phi) is 5.94. The van der Waals surface area contributed by atoms with Crippen LogP contribution in [0.5, 0.6) is 11.6 Å². The number of ether oxygens (including phenoxy) is 1. The molecule has 0 unspecified atom stereocenters. The maximum absolute atomic E-state index is 10.2. The van der Waals surface area contributed by atoms with Crippen molar-refractivity contribution in [1.82, 2.24) is 10.2 Å². The molecule has 1 aliphatic carbocycles. The van der Waals surface area contributed by atoms with E-state index in [0.29, 0.717) is 26.3 Å². The molecule has 4 N–H and O–H groups in total. The SMILES string of the molecule is N#CC1=C(N)Oc2n[nH]c(-c3ccc(C4CCCCC4)cc3)c2[C@@H]1c1cc(Br)c(O)c(Br)c1. The molecule has 5 rings (SSSR count). The number of allylic oxidation sites excluding steroid dienone is 1.